The second-order valence-corrected chi connectivity index (χ2v) is 4.36. The van der Waals surface area contributed by atoms with Gasteiger partial charge in [0.1, 0.15) is 0 Å². The van der Waals surface area contributed by atoms with Gasteiger partial charge in [-0.3, -0.25) is 0 Å². The van der Waals surface area contributed by atoms with Crippen molar-refractivity contribution in [2.45, 2.75) is 39.7 Å². The monoisotopic (exact) mass is 240 g/mol. The van der Waals surface area contributed by atoms with Crippen LogP contribution in [0.1, 0.15) is 45.3 Å². The van der Waals surface area contributed by atoms with E-state index < -0.39 is 11.9 Å². The molecule has 1 aromatic rings. The van der Waals surface area contributed by atoms with Gasteiger partial charge in [0, 0.05) is 0 Å². The van der Waals surface area contributed by atoms with Crippen molar-refractivity contribution < 1.29 is 14.2 Å². The summed E-state index contributed by atoms with van der Waals surface area (Å²) >= 11 is 0. The number of halogens is 1. The molecule has 0 aliphatic heterocycles. The Hall–Kier alpha value is -1.09. The number of ether oxygens (including phenoxy) is 1. The van der Waals surface area contributed by atoms with Crippen LogP contribution in [0.3, 0.4) is 0 Å². The van der Waals surface area contributed by atoms with Gasteiger partial charge in [-0.1, -0.05) is 32.8 Å². The molecule has 1 rings (SSSR count). The van der Waals surface area contributed by atoms with Crippen molar-refractivity contribution >= 4 is 0 Å². The van der Waals surface area contributed by atoms with Gasteiger partial charge in [-0.05, 0) is 30.5 Å². The van der Waals surface area contributed by atoms with Crippen LogP contribution in [0.2, 0.25) is 0 Å². The zero-order chi connectivity index (χ0) is 12.8. The molecule has 0 aromatic heterocycles. The van der Waals surface area contributed by atoms with Crippen molar-refractivity contribution in [1.29, 1.82) is 0 Å². The molecule has 0 fully saturated rings. The molecule has 96 valence electrons. The van der Waals surface area contributed by atoms with Gasteiger partial charge in [-0.15, -0.1) is 0 Å². The van der Waals surface area contributed by atoms with Gasteiger partial charge < -0.3 is 9.84 Å². The fraction of sp³-hybridized carbons (Fsp3) is 0.571. The molecule has 0 unspecified atom stereocenters. The maximum absolute atomic E-state index is 13.6. The van der Waals surface area contributed by atoms with Crippen molar-refractivity contribution in [2.75, 3.05) is 6.61 Å². The van der Waals surface area contributed by atoms with Crippen LogP contribution < -0.4 is 4.74 Å². The molecule has 0 radical (unpaired) electrons. The first-order valence-electron chi connectivity index (χ1n) is 6.18. The fourth-order valence-corrected chi connectivity index (χ4v) is 1.63. The van der Waals surface area contributed by atoms with E-state index in [0.29, 0.717) is 18.1 Å². The molecular weight excluding hydrogens is 219 g/mol. The van der Waals surface area contributed by atoms with Crippen molar-refractivity contribution in [3.8, 4) is 5.75 Å². The van der Waals surface area contributed by atoms with Crippen molar-refractivity contribution in [1.82, 2.24) is 0 Å². The molecule has 1 N–H and O–H groups in total. The van der Waals surface area contributed by atoms with Gasteiger partial charge in [0.15, 0.2) is 11.6 Å². The lowest BCUT2D eigenvalue weighted by Gasteiger charge is -2.15. The van der Waals surface area contributed by atoms with Gasteiger partial charge >= 0.3 is 0 Å². The zero-order valence-corrected chi connectivity index (χ0v) is 10.7. The van der Waals surface area contributed by atoms with E-state index in [-0.39, 0.29) is 5.75 Å². The standard InChI is InChI=1S/C14H21FO2/c1-4-11(5-2)9-17-14-7-6-12(10(3)16)8-13(14)15/h6-8,10-11,16H,4-5,9H2,1-3H3/t10-/m0/s1. The van der Waals surface area contributed by atoms with Crippen LogP contribution in [0.15, 0.2) is 18.2 Å². The molecule has 0 saturated heterocycles. The molecule has 3 heteroatoms. The number of benzene rings is 1. The van der Waals surface area contributed by atoms with Crippen LogP contribution >= 0.6 is 0 Å². The third-order valence-corrected chi connectivity index (χ3v) is 3.07. The van der Waals surface area contributed by atoms with Gasteiger partial charge in [-0.25, -0.2) is 4.39 Å². The Morgan fingerprint density at radius 1 is 1.29 bits per heavy atom. The summed E-state index contributed by atoms with van der Waals surface area (Å²) in [5, 5.41) is 9.33. The van der Waals surface area contributed by atoms with Gasteiger partial charge in [0.25, 0.3) is 0 Å². The highest BCUT2D eigenvalue weighted by molar-refractivity contribution is 5.30. The molecule has 0 saturated carbocycles. The van der Waals surface area contributed by atoms with Crippen molar-refractivity contribution in [2.24, 2.45) is 5.92 Å². The highest BCUT2D eigenvalue weighted by Gasteiger charge is 2.10. The second-order valence-electron chi connectivity index (χ2n) is 4.36. The number of hydrogen-bond acceptors (Lipinski definition) is 2. The molecule has 0 aliphatic carbocycles. The predicted octanol–water partition coefficient (Wildman–Crippen LogP) is 3.69. The summed E-state index contributed by atoms with van der Waals surface area (Å²) < 4.78 is 19.1. The maximum Gasteiger partial charge on any atom is 0.165 e. The lowest BCUT2D eigenvalue weighted by molar-refractivity contribution is 0.197. The summed E-state index contributed by atoms with van der Waals surface area (Å²) in [6, 6.07) is 4.60. The van der Waals surface area contributed by atoms with E-state index in [9.17, 15) is 9.50 Å². The molecular formula is C14H21FO2. The van der Waals surface area contributed by atoms with Gasteiger partial charge in [0.2, 0.25) is 0 Å². The van der Waals surface area contributed by atoms with Crippen LogP contribution in [0.4, 0.5) is 4.39 Å². The van der Waals surface area contributed by atoms with E-state index in [0.717, 1.165) is 12.8 Å². The van der Waals surface area contributed by atoms with Crippen LogP contribution in [0.25, 0.3) is 0 Å². The lowest BCUT2D eigenvalue weighted by Crippen LogP contribution is -2.11. The van der Waals surface area contributed by atoms with Crippen molar-refractivity contribution in [3.63, 3.8) is 0 Å². The van der Waals surface area contributed by atoms with E-state index >= 15 is 0 Å². The molecule has 1 atom stereocenters. The highest BCUT2D eigenvalue weighted by atomic mass is 19.1. The maximum atomic E-state index is 13.6. The largest absolute Gasteiger partial charge is 0.490 e. The van der Waals surface area contributed by atoms with Crippen molar-refractivity contribution in [3.05, 3.63) is 29.6 Å². The molecule has 0 amide bonds. The van der Waals surface area contributed by atoms with Crippen LogP contribution in [-0.4, -0.2) is 11.7 Å². The summed E-state index contributed by atoms with van der Waals surface area (Å²) in [6.45, 7) is 6.35. The SMILES string of the molecule is CCC(CC)COc1ccc([C@H](C)O)cc1F. The van der Waals surface area contributed by atoms with E-state index in [1.54, 1.807) is 19.1 Å². The molecule has 1 aromatic carbocycles. The molecule has 17 heavy (non-hydrogen) atoms. The molecule has 0 bridgehead atoms. The third-order valence-electron chi connectivity index (χ3n) is 3.07. The Kier molecular flexibility index (Phi) is 5.42. The average molecular weight is 240 g/mol. The van der Waals surface area contributed by atoms with Crippen LogP contribution in [-0.2, 0) is 0 Å². The summed E-state index contributed by atoms with van der Waals surface area (Å²) in [4.78, 5) is 0. The average Bonchev–Trinajstić information content (AvgIpc) is 2.31. The highest BCUT2D eigenvalue weighted by Crippen LogP contribution is 2.23. The Labute approximate surface area is 102 Å². The topological polar surface area (TPSA) is 29.5 Å². The zero-order valence-electron chi connectivity index (χ0n) is 10.7. The predicted molar refractivity (Wildman–Crippen MR) is 66.6 cm³/mol. The van der Waals surface area contributed by atoms with Gasteiger partial charge in [0.05, 0.1) is 12.7 Å². The van der Waals surface area contributed by atoms with E-state index in [1.807, 2.05) is 0 Å². The lowest BCUT2D eigenvalue weighted by atomic mass is 10.1. The minimum Gasteiger partial charge on any atom is -0.490 e. The van der Waals surface area contributed by atoms with Crippen LogP contribution in [0.5, 0.6) is 5.75 Å². The number of aliphatic hydroxyl groups excluding tert-OH is 1. The summed E-state index contributed by atoms with van der Waals surface area (Å²) in [5.74, 6) is 0.321. The molecule has 0 aliphatic rings. The Balaban J connectivity index is 2.66. The number of aliphatic hydroxyl groups is 1. The smallest absolute Gasteiger partial charge is 0.165 e. The minimum atomic E-state index is -0.655. The quantitative estimate of drug-likeness (QED) is 0.821. The Bertz CT molecular complexity index is 346. The third kappa shape index (κ3) is 4.00. The Morgan fingerprint density at radius 2 is 1.94 bits per heavy atom. The van der Waals surface area contributed by atoms with E-state index in [2.05, 4.69) is 13.8 Å². The van der Waals surface area contributed by atoms with Gasteiger partial charge in [-0.2, -0.15) is 0 Å². The first-order valence-corrected chi connectivity index (χ1v) is 6.18. The number of rotatable bonds is 6. The fourth-order valence-electron chi connectivity index (χ4n) is 1.63. The Morgan fingerprint density at radius 3 is 2.41 bits per heavy atom. The molecule has 0 heterocycles. The summed E-state index contributed by atoms with van der Waals surface area (Å²) in [5.41, 5.74) is 0.567. The number of hydrogen-bond donors (Lipinski definition) is 1. The first-order chi connectivity index (χ1) is 8.08. The minimum absolute atomic E-state index is 0.265. The van der Waals surface area contributed by atoms with Crippen LogP contribution in [0, 0.1) is 11.7 Å². The summed E-state index contributed by atoms with van der Waals surface area (Å²) in [7, 11) is 0. The first kappa shape index (κ1) is 14.0. The molecule has 0 spiro atoms. The van der Waals surface area contributed by atoms with E-state index in [4.69, 9.17) is 4.74 Å². The normalized spacial score (nSPS) is 12.8. The molecule has 2 nitrogen and oxygen atoms in total. The second kappa shape index (κ2) is 6.60. The van der Waals surface area contributed by atoms with E-state index in [1.165, 1.54) is 6.07 Å². The summed E-state index contributed by atoms with van der Waals surface area (Å²) in [6.07, 6.45) is 1.41.